The van der Waals surface area contributed by atoms with Gasteiger partial charge in [-0.3, -0.25) is 4.98 Å². The summed E-state index contributed by atoms with van der Waals surface area (Å²) in [5.74, 6) is 0.189. The monoisotopic (exact) mass is 231 g/mol. The van der Waals surface area contributed by atoms with Gasteiger partial charge in [-0.1, -0.05) is 0 Å². The Morgan fingerprint density at radius 1 is 1.24 bits per heavy atom. The molecule has 88 valence electrons. The first-order chi connectivity index (χ1) is 8.15. The average molecular weight is 231 g/mol. The van der Waals surface area contributed by atoms with Crippen LogP contribution in [0.15, 0.2) is 24.4 Å². The minimum Gasteiger partial charge on any atom is -0.494 e. The van der Waals surface area contributed by atoms with Crippen LogP contribution < -0.4 is 4.74 Å². The number of ether oxygens (including phenoxy) is 2. The summed E-state index contributed by atoms with van der Waals surface area (Å²) in [5, 5.41) is 0.866. The number of nitrogens with zero attached hydrogens (tertiary/aromatic N) is 1. The SMILES string of the molecule is COC(=O)c1cc(OC)c2ncc(C)cc2c1. The molecule has 0 fully saturated rings. The third kappa shape index (κ3) is 2.06. The summed E-state index contributed by atoms with van der Waals surface area (Å²) in [6.07, 6.45) is 1.77. The van der Waals surface area contributed by atoms with Crippen LogP contribution in [0.5, 0.6) is 5.75 Å². The van der Waals surface area contributed by atoms with Crippen LogP contribution in [0.1, 0.15) is 15.9 Å². The second-order valence-corrected chi connectivity index (χ2v) is 3.75. The lowest BCUT2D eigenvalue weighted by molar-refractivity contribution is 0.0600. The van der Waals surface area contributed by atoms with E-state index in [0.29, 0.717) is 11.3 Å². The molecule has 0 N–H and O–H groups in total. The van der Waals surface area contributed by atoms with Gasteiger partial charge in [-0.2, -0.15) is 0 Å². The number of methoxy groups -OCH3 is 2. The van der Waals surface area contributed by atoms with Crippen molar-refractivity contribution in [3.63, 3.8) is 0 Å². The number of fused-ring (bicyclic) bond motifs is 1. The van der Waals surface area contributed by atoms with Crippen LogP contribution in [-0.4, -0.2) is 25.2 Å². The fourth-order valence-electron chi connectivity index (χ4n) is 1.72. The lowest BCUT2D eigenvalue weighted by Crippen LogP contribution is -2.02. The van der Waals surface area contributed by atoms with Gasteiger partial charge in [0.25, 0.3) is 0 Å². The minimum atomic E-state index is -0.383. The number of hydrogen-bond donors (Lipinski definition) is 0. The quantitative estimate of drug-likeness (QED) is 0.744. The predicted molar refractivity (Wildman–Crippen MR) is 64.4 cm³/mol. The summed E-state index contributed by atoms with van der Waals surface area (Å²) in [5.41, 5.74) is 2.23. The zero-order valence-corrected chi connectivity index (χ0v) is 9.98. The van der Waals surface area contributed by atoms with Gasteiger partial charge in [0.15, 0.2) is 0 Å². The van der Waals surface area contributed by atoms with Gasteiger partial charge in [-0.05, 0) is 30.7 Å². The van der Waals surface area contributed by atoms with E-state index in [4.69, 9.17) is 9.47 Å². The predicted octanol–water partition coefficient (Wildman–Crippen LogP) is 2.34. The Morgan fingerprint density at radius 2 is 2.00 bits per heavy atom. The maximum absolute atomic E-state index is 11.5. The second-order valence-electron chi connectivity index (χ2n) is 3.75. The van der Waals surface area contributed by atoms with Gasteiger partial charge in [-0.25, -0.2) is 4.79 Å². The highest BCUT2D eigenvalue weighted by Crippen LogP contribution is 2.26. The Balaban J connectivity index is 2.71. The molecule has 4 nitrogen and oxygen atoms in total. The Hall–Kier alpha value is -2.10. The van der Waals surface area contributed by atoms with Gasteiger partial charge < -0.3 is 9.47 Å². The van der Waals surface area contributed by atoms with Gasteiger partial charge in [0, 0.05) is 11.6 Å². The molecule has 0 atom stereocenters. The van der Waals surface area contributed by atoms with Gasteiger partial charge >= 0.3 is 5.97 Å². The first-order valence-electron chi connectivity index (χ1n) is 5.18. The molecule has 17 heavy (non-hydrogen) atoms. The van der Waals surface area contributed by atoms with Gasteiger partial charge in [0.05, 0.1) is 19.8 Å². The Kier molecular flexibility index (Phi) is 2.95. The number of benzene rings is 1. The first-order valence-corrected chi connectivity index (χ1v) is 5.18. The van der Waals surface area contributed by atoms with Crippen LogP contribution in [0.4, 0.5) is 0 Å². The molecular weight excluding hydrogens is 218 g/mol. The Morgan fingerprint density at radius 3 is 2.65 bits per heavy atom. The van der Waals surface area contributed by atoms with Crippen molar-refractivity contribution in [3.8, 4) is 5.75 Å². The number of carbonyl (C=O) groups excluding carboxylic acids is 1. The molecule has 0 saturated carbocycles. The van der Waals surface area contributed by atoms with E-state index < -0.39 is 0 Å². The van der Waals surface area contributed by atoms with E-state index in [0.717, 1.165) is 16.5 Å². The molecule has 2 rings (SSSR count). The molecule has 0 unspecified atom stereocenters. The Labute approximate surface area is 99.2 Å². The van der Waals surface area contributed by atoms with E-state index in [1.165, 1.54) is 7.11 Å². The molecule has 0 aliphatic carbocycles. The number of pyridine rings is 1. The molecule has 0 bridgehead atoms. The maximum Gasteiger partial charge on any atom is 0.338 e. The van der Waals surface area contributed by atoms with E-state index in [9.17, 15) is 4.79 Å². The van der Waals surface area contributed by atoms with Crippen molar-refractivity contribution < 1.29 is 14.3 Å². The number of aromatic nitrogens is 1. The third-order valence-corrected chi connectivity index (χ3v) is 2.53. The Bertz CT molecular complexity index is 578. The molecule has 4 heteroatoms. The number of carbonyl (C=O) groups is 1. The number of esters is 1. The van der Waals surface area contributed by atoms with Crippen molar-refractivity contribution in [2.75, 3.05) is 14.2 Å². The van der Waals surface area contributed by atoms with Crippen molar-refractivity contribution in [2.45, 2.75) is 6.92 Å². The summed E-state index contributed by atoms with van der Waals surface area (Å²) < 4.78 is 9.93. The second kappa shape index (κ2) is 4.41. The lowest BCUT2D eigenvalue weighted by Gasteiger charge is -2.08. The fourth-order valence-corrected chi connectivity index (χ4v) is 1.72. The summed E-state index contributed by atoms with van der Waals surface area (Å²) in [7, 11) is 2.91. The van der Waals surface area contributed by atoms with E-state index in [2.05, 4.69) is 4.98 Å². The molecule has 0 radical (unpaired) electrons. The van der Waals surface area contributed by atoms with Crippen LogP contribution in [0, 0.1) is 6.92 Å². The highest BCUT2D eigenvalue weighted by molar-refractivity contribution is 5.97. The maximum atomic E-state index is 11.5. The number of hydrogen-bond acceptors (Lipinski definition) is 4. The van der Waals surface area contributed by atoms with E-state index in [1.54, 1.807) is 25.4 Å². The van der Waals surface area contributed by atoms with E-state index in [-0.39, 0.29) is 5.97 Å². The lowest BCUT2D eigenvalue weighted by atomic mass is 10.1. The zero-order chi connectivity index (χ0) is 12.4. The molecule has 0 spiro atoms. The van der Waals surface area contributed by atoms with E-state index in [1.807, 2.05) is 13.0 Å². The van der Waals surface area contributed by atoms with Crippen LogP contribution in [-0.2, 0) is 4.74 Å². The van der Waals surface area contributed by atoms with Gasteiger partial charge in [0.1, 0.15) is 11.3 Å². The minimum absolute atomic E-state index is 0.383. The van der Waals surface area contributed by atoms with Crippen molar-refractivity contribution >= 4 is 16.9 Å². The normalized spacial score (nSPS) is 10.3. The molecule has 0 saturated heterocycles. The van der Waals surface area contributed by atoms with Crippen LogP contribution in [0.3, 0.4) is 0 Å². The highest BCUT2D eigenvalue weighted by atomic mass is 16.5. The molecule has 0 aliphatic rings. The van der Waals surface area contributed by atoms with Gasteiger partial charge in [0.2, 0.25) is 0 Å². The summed E-state index contributed by atoms with van der Waals surface area (Å²) in [6, 6.07) is 5.34. The molecule has 1 aromatic carbocycles. The molecule has 2 aromatic rings. The largest absolute Gasteiger partial charge is 0.494 e. The molecular formula is C13H13NO3. The van der Waals surface area contributed by atoms with Crippen molar-refractivity contribution in [3.05, 3.63) is 35.5 Å². The van der Waals surface area contributed by atoms with Crippen molar-refractivity contribution in [1.29, 1.82) is 0 Å². The highest BCUT2D eigenvalue weighted by Gasteiger charge is 2.11. The zero-order valence-electron chi connectivity index (χ0n) is 9.98. The van der Waals surface area contributed by atoms with Crippen molar-refractivity contribution in [2.24, 2.45) is 0 Å². The van der Waals surface area contributed by atoms with Crippen LogP contribution in [0.2, 0.25) is 0 Å². The molecule has 1 heterocycles. The average Bonchev–Trinajstić information content (AvgIpc) is 2.35. The van der Waals surface area contributed by atoms with Crippen molar-refractivity contribution in [1.82, 2.24) is 4.98 Å². The first kappa shape index (κ1) is 11.4. The number of aryl methyl sites for hydroxylation is 1. The molecule has 1 aromatic heterocycles. The molecule has 0 aliphatic heterocycles. The molecule has 0 amide bonds. The summed E-state index contributed by atoms with van der Waals surface area (Å²) in [6.45, 7) is 1.95. The topological polar surface area (TPSA) is 48.4 Å². The van der Waals surface area contributed by atoms with E-state index >= 15 is 0 Å². The number of rotatable bonds is 2. The summed E-state index contributed by atoms with van der Waals surface area (Å²) >= 11 is 0. The third-order valence-electron chi connectivity index (χ3n) is 2.53. The summed E-state index contributed by atoms with van der Waals surface area (Å²) in [4.78, 5) is 15.8. The van der Waals surface area contributed by atoms with Crippen LogP contribution >= 0.6 is 0 Å². The van der Waals surface area contributed by atoms with Crippen LogP contribution in [0.25, 0.3) is 10.9 Å². The fraction of sp³-hybridized carbons (Fsp3) is 0.231. The van der Waals surface area contributed by atoms with Gasteiger partial charge in [-0.15, -0.1) is 0 Å². The standard InChI is InChI=1S/C13H13NO3/c1-8-4-9-5-10(13(15)17-3)6-11(16-2)12(9)14-7-8/h4-7H,1-3H3. The smallest absolute Gasteiger partial charge is 0.338 e.